The number of amides is 1. The van der Waals surface area contributed by atoms with E-state index in [1.54, 1.807) is 22.9 Å². The number of ether oxygens (including phenoxy) is 1. The number of carboxylic acid groups (broad SMARTS) is 1. The molecule has 0 aliphatic heterocycles. The fraction of sp³-hybridized carbons (Fsp3) is 0.462. The van der Waals surface area contributed by atoms with E-state index in [1.807, 2.05) is 6.92 Å². The first-order valence-electron chi connectivity index (χ1n) is 6.25. The Hall–Kier alpha value is -2.31. The molecule has 110 valence electrons. The summed E-state index contributed by atoms with van der Waals surface area (Å²) in [5, 5.41) is 11.3. The molecule has 0 unspecified atom stereocenters. The number of hydrogen-bond acceptors (Lipinski definition) is 4. The number of hydrogen-bond donors (Lipinski definition) is 2. The average Bonchev–Trinajstić information content (AvgIpc) is 2.86. The maximum absolute atomic E-state index is 12.0. The van der Waals surface area contributed by atoms with Crippen LogP contribution in [0.5, 0.6) is 0 Å². The highest BCUT2D eigenvalue weighted by molar-refractivity contribution is 5.96. The predicted molar refractivity (Wildman–Crippen MR) is 70.2 cm³/mol. The van der Waals surface area contributed by atoms with E-state index in [0.717, 1.165) is 13.5 Å². The Morgan fingerprint density at radius 2 is 2.15 bits per heavy atom. The van der Waals surface area contributed by atoms with Gasteiger partial charge in [-0.15, -0.1) is 0 Å². The summed E-state index contributed by atoms with van der Waals surface area (Å²) in [6, 6.07) is 2.00. The monoisotopic (exact) mass is 282 g/mol. The van der Waals surface area contributed by atoms with Crippen LogP contribution in [0.15, 0.2) is 18.3 Å². The Labute approximate surface area is 116 Å². The van der Waals surface area contributed by atoms with E-state index in [9.17, 15) is 14.4 Å². The third-order valence-corrected chi connectivity index (χ3v) is 2.73. The molecule has 1 atom stereocenters. The lowest BCUT2D eigenvalue weighted by molar-refractivity contribution is -0.147. The van der Waals surface area contributed by atoms with Crippen molar-refractivity contribution in [2.45, 2.75) is 32.4 Å². The van der Waals surface area contributed by atoms with Crippen molar-refractivity contribution in [3.05, 3.63) is 24.0 Å². The van der Waals surface area contributed by atoms with Crippen molar-refractivity contribution in [1.82, 2.24) is 9.88 Å². The molecule has 1 aromatic rings. The van der Waals surface area contributed by atoms with Gasteiger partial charge in [0.05, 0.1) is 13.5 Å². The summed E-state index contributed by atoms with van der Waals surface area (Å²) in [5.41, 5.74) is 0.364. The van der Waals surface area contributed by atoms with Gasteiger partial charge in [-0.1, -0.05) is 6.92 Å². The molecule has 0 saturated heterocycles. The maximum atomic E-state index is 12.0. The van der Waals surface area contributed by atoms with Crippen molar-refractivity contribution in [1.29, 1.82) is 0 Å². The topological polar surface area (TPSA) is 97.6 Å². The third kappa shape index (κ3) is 4.11. The van der Waals surface area contributed by atoms with Gasteiger partial charge in [0.15, 0.2) is 0 Å². The van der Waals surface area contributed by atoms with Crippen LogP contribution in [0.25, 0.3) is 0 Å². The number of carbonyl (C=O) groups excluding carboxylic acids is 2. The van der Waals surface area contributed by atoms with Gasteiger partial charge < -0.3 is 19.7 Å². The van der Waals surface area contributed by atoms with Crippen LogP contribution in [0.2, 0.25) is 0 Å². The minimum absolute atomic E-state index is 0.364. The van der Waals surface area contributed by atoms with E-state index in [4.69, 9.17) is 5.11 Å². The highest BCUT2D eigenvalue weighted by atomic mass is 16.5. The minimum Gasteiger partial charge on any atom is -0.480 e. The number of aromatic nitrogens is 1. The van der Waals surface area contributed by atoms with Gasteiger partial charge in [0.1, 0.15) is 11.7 Å². The van der Waals surface area contributed by atoms with E-state index in [-0.39, 0.29) is 0 Å². The fourth-order valence-corrected chi connectivity index (χ4v) is 1.74. The molecule has 1 heterocycles. The number of nitrogens with one attached hydrogen (secondary N) is 1. The number of nitrogens with zero attached hydrogens (tertiary/aromatic N) is 1. The molecule has 1 rings (SSSR count). The van der Waals surface area contributed by atoms with Gasteiger partial charge in [0.25, 0.3) is 5.91 Å². The summed E-state index contributed by atoms with van der Waals surface area (Å²) in [7, 11) is 1.16. The molecule has 0 spiro atoms. The largest absolute Gasteiger partial charge is 0.480 e. The van der Waals surface area contributed by atoms with Crippen LogP contribution in [0, 0.1) is 0 Å². The number of carboxylic acids is 1. The van der Waals surface area contributed by atoms with E-state index < -0.39 is 30.3 Å². The lowest BCUT2D eigenvalue weighted by Crippen LogP contribution is -2.43. The number of aryl methyl sites for hydroxylation is 1. The first-order chi connectivity index (χ1) is 9.49. The molecule has 0 aromatic carbocycles. The number of aliphatic carboxylic acids is 1. The molecule has 0 aliphatic rings. The molecule has 20 heavy (non-hydrogen) atoms. The highest BCUT2D eigenvalue weighted by Gasteiger charge is 2.25. The molecule has 1 aromatic heterocycles. The Morgan fingerprint density at radius 3 is 2.70 bits per heavy atom. The van der Waals surface area contributed by atoms with Gasteiger partial charge in [-0.25, -0.2) is 4.79 Å². The normalized spacial score (nSPS) is 11.7. The van der Waals surface area contributed by atoms with Crippen LogP contribution in [-0.2, 0) is 20.9 Å². The third-order valence-electron chi connectivity index (χ3n) is 2.73. The van der Waals surface area contributed by atoms with Crippen LogP contribution in [0.1, 0.15) is 30.3 Å². The van der Waals surface area contributed by atoms with Crippen LogP contribution in [-0.4, -0.2) is 40.7 Å². The second-order valence-electron chi connectivity index (χ2n) is 4.23. The van der Waals surface area contributed by atoms with E-state index in [1.165, 1.54) is 0 Å². The Bertz CT molecular complexity index is 495. The first-order valence-corrected chi connectivity index (χ1v) is 6.25. The van der Waals surface area contributed by atoms with Gasteiger partial charge in [-0.2, -0.15) is 0 Å². The number of methoxy groups -OCH3 is 1. The lowest BCUT2D eigenvalue weighted by atomic mass is 10.2. The van der Waals surface area contributed by atoms with Crippen LogP contribution >= 0.6 is 0 Å². The van der Waals surface area contributed by atoms with Crippen LogP contribution in [0.4, 0.5) is 0 Å². The first kappa shape index (κ1) is 15.7. The summed E-state index contributed by atoms with van der Waals surface area (Å²) >= 11 is 0. The van der Waals surface area contributed by atoms with Crippen molar-refractivity contribution in [3.8, 4) is 0 Å². The number of rotatable bonds is 7. The predicted octanol–water partition coefficient (Wildman–Crippen LogP) is 0.644. The second-order valence-corrected chi connectivity index (χ2v) is 4.23. The van der Waals surface area contributed by atoms with Crippen LogP contribution in [0.3, 0.4) is 0 Å². The Morgan fingerprint density at radius 1 is 1.45 bits per heavy atom. The zero-order valence-electron chi connectivity index (χ0n) is 11.5. The zero-order chi connectivity index (χ0) is 15.1. The number of carbonyl (C=O) groups is 3. The molecule has 0 bridgehead atoms. The quantitative estimate of drug-likeness (QED) is 0.715. The number of esters is 1. The van der Waals surface area contributed by atoms with Crippen molar-refractivity contribution >= 4 is 17.8 Å². The second kappa shape index (κ2) is 7.32. The van der Waals surface area contributed by atoms with Crippen molar-refractivity contribution < 1.29 is 24.2 Å². The summed E-state index contributed by atoms with van der Waals surface area (Å²) in [5.74, 6) is -2.50. The molecule has 1 amide bonds. The summed E-state index contributed by atoms with van der Waals surface area (Å²) in [6.45, 7) is 2.63. The lowest BCUT2D eigenvalue weighted by Gasteiger charge is -2.14. The maximum Gasteiger partial charge on any atom is 0.326 e. The highest BCUT2D eigenvalue weighted by Crippen LogP contribution is 2.05. The van der Waals surface area contributed by atoms with E-state index in [0.29, 0.717) is 12.2 Å². The van der Waals surface area contributed by atoms with Gasteiger partial charge in [0, 0.05) is 12.7 Å². The fourth-order valence-electron chi connectivity index (χ4n) is 1.74. The van der Waals surface area contributed by atoms with Crippen molar-refractivity contribution in [2.24, 2.45) is 0 Å². The molecule has 7 nitrogen and oxygen atoms in total. The van der Waals surface area contributed by atoms with Crippen LogP contribution < -0.4 is 5.32 Å². The Kier molecular flexibility index (Phi) is 5.76. The van der Waals surface area contributed by atoms with Crippen molar-refractivity contribution in [2.75, 3.05) is 7.11 Å². The molecule has 7 heteroatoms. The molecular weight excluding hydrogens is 264 g/mol. The summed E-state index contributed by atoms with van der Waals surface area (Å²) in [4.78, 5) is 34.2. The molecule has 2 N–H and O–H groups in total. The van der Waals surface area contributed by atoms with Gasteiger partial charge >= 0.3 is 11.9 Å². The van der Waals surface area contributed by atoms with Gasteiger partial charge in [-0.3, -0.25) is 9.59 Å². The smallest absolute Gasteiger partial charge is 0.326 e. The van der Waals surface area contributed by atoms with Crippen molar-refractivity contribution in [3.63, 3.8) is 0 Å². The molecule has 0 saturated carbocycles. The van der Waals surface area contributed by atoms with E-state index >= 15 is 0 Å². The summed E-state index contributed by atoms with van der Waals surface area (Å²) < 4.78 is 6.14. The van der Waals surface area contributed by atoms with Gasteiger partial charge in [0.2, 0.25) is 0 Å². The molecular formula is C13H18N2O5. The standard InChI is InChI=1S/C13H18N2O5/c1-3-6-15-7-4-5-10(15)12(17)14-9(13(18)19)8-11(16)20-2/h4-5,7,9H,3,6,8H2,1-2H3,(H,14,17)(H,18,19)/t9-/m0/s1. The SMILES string of the molecule is CCCn1cccc1C(=O)N[C@@H](CC(=O)OC)C(=O)O. The summed E-state index contributed by atoms with van der Waals surface area (Å²) in [6.07, 6.45) is 2.18. The molecule has 0 fully saturated rings. The molecule has 0 radical (unpaired) electrons. The average molecular weight is 282 g/mol. The Balaban J connectivity index is 2.77. The zero-order valence-corrected chi connectivity index (χ0v) is 11.5. The van der Waals surface area contributed by atoms with E-state index in [2.05, 4.69) is 10.1 Å². The minimum atomic E-state index is -1.31. The van der Waals surface area contributed by atoms with Gasteiger partial charge in [-0.05, 0) is 18.6 Å². The molecule has 0 aliphatic carbocycles.